The van der Waals surface area contributed by atoms with Gasteiger partial charge in [-0.1, -0.05) is 0 Å². The second-order valence-electron chi connectivity index (χ2n) is 3.96. The van der Waals surface area contributed by atoms with E-state index in [0.29, 0.717) is 6.54 Å². The molecule has 2 aromatic rings. The van der Waals surface area contributed by atoms with Gasteiger partial charge in [-0.15, -0.1) is 0 Å². The molecule has 0 unspecified atom stereocenters. The summed E-state index contributed by atoms with van der Waals surface area (Å²) in [4.78, 5) is 14.2. The maximum absolute atomic E-state index is 10.5. The number of hydrogen-bond donors (Lipinski definition) is 1. The number of rotatable bonds is 4. The molecule has 0 radical (unpaired) electrons. The van der Waals surface area contributed by atoms with Gasteiger partial charge in [0, 0.05) is 36.8 Å². The minimum absolute atomic E-state index is 0.0955. The fourth-order valence-corrected chi connectivity index (χ4v) is 1.58. The average Bonchev–Trinajstić information content (AvgIpc) is 2.38. The van der Waals surface area contributed by atoms with E-state index >= 15 is 0 Å². The largest absolute Gasteiger partial charge is 0.381 e. The van der Waals surface area contributed by atoms with Crippen molar-refractivity contribution in [1.29, 1.82) is 0 Å². The van der Waals surface area contributed by atoms with Crippen LogP contribution in [0.1, 0.15) is 11.1 Å². The van der Waals surface area contributed by atoms with Gasteiger partial charge < -0.3 is 5.32 Å². The van der Waals surface area contributed by atoms with Crippen LogP contribution in [0.15, 0.2) is 42.7 Å². The van der Waals surface area contributed by atoms with E-state index in [1.165, 1.54) is 17.7 Å². The number of nitro groups is 1. The number of pyridine rings is 1. The van der Waals surface area contributed by atoms with Crippen LogP contribution in [0.5, 0.6) is 0 Å². The van der Waals surface area contributed by atoms with E-state index in [-0.39, 0.29) is 5.69 Å². The Labute approximate surface area is 105 Å². The first kappa shape index (κ1) is 12.0. The first-order valence-corrected chi connectivity index (χ1v) is 5.54. The molecule has 1 N–H and O–H groups in total. The summed E-state index contributed by atoms with van der Waals surface area (Å²) >= 11 is 0. The molecule has 0 bridgehead atoms. The normalized spacial score (nSPS) is 10.1. The van der Waals surface area contributed by atoms with E-state index in [2.05, 4.69) is 10.3 Å². The fourth-order valence-electron chi connectivity index (χ4n) is 1.58. The Morgan fingerprint density at radius 1 is 1.28 bits per heavy atom. The minimum Gasteiger partial charge on any atom is -0.381 e. The van der Waals surface area contributed by atoms with Crippen molar-refractivity contribution in [2.24, 2.45) is 0 Å². The molecule has 1 aromatic carbocycles. The molecule has 18 heavy (non-hydrogen) atoms. The second kappa shape index (κ2) is 5.27. The average molecular weight is 243 g/mol. The molecule has 92 valence electrons. The molecule has 0 saturated heterocycles. The van der Waals surface area contributed by atoms with Crippen molar-refractivity contribution in [3.8, 4) is 0 Å². The second-order valence-corrected chi connectivity index (χ2v) is 3.96. The summed E-state index contributed by atoms with van der Waals surface area (Å²) in [6, 6.07) is 8.32. The third kappa shape index (κ3) is 2.82. The monoisotopic (exact) mass is 243 g/mol. The number of aromatic nitrogens is 1. The standard InChI is InChI=1S/C13H13N3O2/c1-10-6-7-14-8-11(10)9-15-12-2-4-13(5-3-12)16(17)18/h2-8,15H,9H2,1H3. The molecule has 1 aromatic heterocycles. The van der Waals surface area contributed by atoms with Gasteiger partial charge in [0.2, 0.25) is 0 Å². The number of anilines is 1. The highest BCUT2D eigenvalue weighted by Crippen LogP contribution is 2.16. The first-order valence-electron chi connectivity index (χ1n) is 5.54. The van der Waals surface area contributed by atoms with Crippen molar-refractivity contribution >= 4 is 11.4 Å². The Bertz CT molecular complexity index is 552. The van der Waals surface area contributed by atoms with Crippen molar-refractivity contribution in [3.63, 3.8) is 0 Å². The Hall–Kier alpha value is -2.43. The Morgan fingerprint density at radius 3 is 2.61 bits per heavy atom. The summed E-state index contributed by atoms with van der Waals surface area (Å²) in [6.45, 7) is 2.67. The van der Waals surface area contributed by atoms with Crippen LogP contribution < -0.4 is 5.32 Å². The highest BCUT2D eigenvalue weighted by atomic mass is 16.6. The SMILES string of the molecule is Cc1ccncc1CNc1ccc([N+](=O)[O-])cc1. The lowest BCUT2D eigenvalue weighted by molar-refractivity contribution is -0.384. The number of nitro benzene ring substituents is 1. The van der Waals surface area contributed by atoms with Crippen molar-refractivity contribution in [2.75, 3.05) is 5.32 Å². The highest BCUT2D eigenvalue weighted by molar-refractivity contribution is 5.49. The summed E-state index contributed by atoms with van der Waals surface area (Å²) in [5, 5.41) is 13.7. The van der Waals surface area contributed by atoms with Crippen molar-refractivity contribution < 1.29 is 4.92 Å². The molecule has 0 fully saturated rings. The molecular formula is C13H13N3O2. The van der Waals surface area contributed by atoms with Gasteiger partial charge in [-0.05, 0) is 36.2 Å². The molecule has 0 aliphatic heterocycles. The van der Waals surface area contributed by atoms with Gasteiger partial charge in [0.25, 0.3) is 5.69 Å². The lowest BCUT2D eigenvalue weighted by atomic mass is 10.1. The molecule has 0 atom stereocenters. The number of nitrogens with zero attached hydrogens (tertiary/aromatic N) is 2. The predicted molar refractivity (Wildman–Crippen MR) is 69.4 cm³/mol. The van der Waals surface area contributed by atoms with Gasteiger partial charge in [-0.25, -0.2) is 0 Å². The van der Waals surface area contributed by atoms with Gasteiger partial charge >= 0.3 is 0 Å². The number of benzene rings is 1. The minimum atomic E-state index is -0.408. The third-order valence-electron chi connectivity index (χ3n) is 2.71. The molecule has 0 amide bonds. The molecule has 1 heterocycles. The number of nitrogens with one attached hydrogen (secondary N) is 1. The topological polar surface area (TPSA) is 68.1 Å². The number of hydrogen-bond acceptors (Lipinski definition) is 4. The van der Waals surface area contributed by atoms with Crippen molar-refractivity contribution in [2.45, 2.75) is 13.5 Å². The van der Waals surface area contributed by atoms with Gasteiger partial charge in [0.15, 0.2) is 0 Å². The molecule has 5 heteroatoms. The van der Waals surface area contributed by atoms with E-state index in [1.54, 1.807) is 18.3 Å². The maximum atomic E-state index is 10.5. The Balaban J connectivity index is 2.02. The molecule has 5 nitrogen and oxygen atoms in total. The van der Waals surface area contributed by atoms with Crippen LogP contribution in [-0.4, -0.2) is 9.91 Å². The van der Waals surface area contributed by atoms with E-state index in [9.17, 15) is 10.1 Å². The summed E-state index contributed by atoms with van der Waals surface area (Å²) in [5.41, 5.74) is 3.22. The van der Waals surface area contributed by atoms with E-state index in [4.69, 9.17) is 0 Å². The predicted octanol–water partition coefficient (Wildman–Crippen LogP) is 2.91. The number of aryl methyl sites for hydroxylation is 1. The van der Waals surface area contributed by atoms with Crippen LogP contribution in [0.2, 0.25) is 0 Å². The molecule has 0 spiro atoms. The highest BCUT2D eigenvalue weighted by Gasteiger charge is 2.04. The quantitative estimate of drug-likeness (QED) is 0.662. The third-order valence-corrected chi connectivity index (χ3v) is 2.71. The molecule has 2 rings (SSSR count). The van der Waals surface area contributed by atoms with Crippen molar-refractivity contribution in [1.82, 2.24) is 4.98 Å². The Morgan fingerprint density at radius 2 is 2.00 bits per heavy atom. The van der Waals surface area contributed by atoms with E-state index < -0.39 is 4.92 Å². The van der Waals surface area contributed by atoms with Gasteiger partial charge in [0.1, 0.15) is 0 Å². The van der Waals surface area contributed by atoms with Crippen LogP contribution in [0, 0.1) is 17.0 Å². The van der Waals surface area contributed by atoms with E-state index in [1.807, 2.05) is 19.2 Å². The van der Waals surface area contributed by atoms with Gasteiger partial charge in [-0.3, -0.25) is 15.1 Å². The maximum Gasteiger partial charge on any atom is 0.269 e. The smallest absolute Gasteiger partial charge is 0.269 e. The van der Waals surface area contributed by atoms with Gasteiger partial charge in [-0.2, -0.15) is 0 Å². The lowest BCUT2D eigenvalue weighted by Gasteiger charge is -2.08. The summed E-state index contributed by atoms with van der Waals surface area (Å²) in [5.74, 6) is 0. The summed E-state index contributed by atoms with van der Waals surface area (Å²) in [6.07, 6.45) is 3.57. The van der Waals surface area contributed by atoms with Crippen LogP contribution in [0.25, 0.3) is 0 Å². The summed E-state index contributed by atoms with van der Waals surface area (Å²) < 4.78 is 0. The van der Waals surface area contributed by atoms with Crippen LogP contribution in [-0.2, 0) is 6.54 Å². The van der Waals surface area contributed by atoms with Crippen molar-refractivity contribution in [3.05, 3.63) is 64.0 Å². The van der Waals surface area contributed by atoms with Crippen LogP contribution in [0.4, 0.5) is 11.4 Å². The zero-order valence-corrected chi connectivity index (χ0v) is 9.96. The Kier molecular flexibility index (Phi) is 3.52. The van der Waals surface area contributed by atoms with Gasteiger partial charge in [0.05, 0.1) is 4.92 Å². The van der Waals surface area contributed by atoms with Crippen LogP contribution >= 0.6 is 0 Å². The lowest BCUT2D eigenvalue weighted by Crippen LogP contribution is -2.01. The van der Waals surface area contributed by atoms with Crippen LogP contribution in [0.3, 0.4) is 0 Å². The molecule has 0 aliphatic carbocycles. The zero-order valence-electron chi connectivity index (χ0n) is 9.96. The van der Waals surface area contributed by atoms with E-state index in [0.717, 1.165) is 11.3 Å². The summed E-state index contributed by atoms with van der Waals surface area (Å²) in [7, 11) is 0. The fraction of sp³-hybridized carbons (Fsp3) is 0.154. The molecule has 0 saturated carbocycles. The zero-order chi connectivity index (χ0) is 13.0. The molecular weight excluding hydrogens is 230 g/mol. The molecule has 0 aliphatic rings. The number of non-ortho nitro benzene ring substituents is 1. The first-order chi connectivity index (χ1) is 8.66.